The van der Waals surface area contributed by atoms with Crippen LogP contribution in [-0.2, 0) is 9.84 Å². The number of nitrogens with two attached hydrogens (primary N) is 1. The van der Waals surface area contributed by atoms with E-state index >= 15 is 0 Å². The molecule has 2 rings (SSSR count). The van der Waals surface area contributed by atoms with Gasteiger partial charge in [-0.3, -0.25) is 0 Å². The summed E-state index contributed by atoms with van der Waals surface area (Å²) in [6.45, 7) is 0.732. The largest absolute Gasteiger partial charge is 0.409 e. The van der Waals surface area contributed by atoms with Gasteiger partial charge in [-0.25, -0.2) is 13.4 Å². The van der Waals surface area contributed by atoms with Crippen LogP contribution in [0.2, 0.25) is 0 Å². The van der Waals surface area contributed by atoms with Crippen molar-refractivity contribution in [1.82, 2.24) is 4.98 Å². The molecule has 0 aliphatic carbocycles. The van der Waals surface area contributed by atoms with E-state index in [-0.39, 0.29) is 17.3 Å². The molecule has 1 fully saturated rings. The molecule has 98 valence electrons. The van der Waals surface area contributed by atoms with Gasteiger partial charge in [-0.15, -0.1) is 0 Å². The van der Waals surface area contributed by atoms with Crippen LogP contribution in [0.5, 0.6) is 0 Å². The van der Waals surface area contributed by atoms with Crippen LogP contribution in [0.25, 0.3) is 0 Å². The molecule has 0 atom stereocenters. The van der Waals surface area contributed by atoms with Crippen LogP contribution in [0.1, 0.15) is 5.56 Å². The lowest BCUT2D eigenvalue weighted by Gasteiger charge is -2.28. The molecule has 1 saturated heterocycles. The Labute approximate surface area is 105 Å². The van der Waals surface area contributed by atoms with Crippen LogP contribution in [0.4, 0.5) is 5.82 Å². The fourth-order valence-corrected chi connectivity index (χ4v) is 3.03. The number of rotatable bonds is 2. The van der Waals surface area contributed by atoms with Gasteiger partial charge in [0.1, 0.15) is 5.82 Å². The van der Waals surface area contributed by atoms with E-state index in [1.807, 2.05) is 4.90 Å². The number of anilines is 1. The summed E-state index contributed by atoms with van der Waals surface area (Å²) in [7, 11) is -2.94. The van der Waals surface area contributed by atoms with Gasteiger partial charge in [0.2, 0.25) is 0 Å². The Morgan fingerprint density at radius 3 is 2.72 bits per heavy atom. The molecule has 3 N–H and O–H groups in total. The Bertz CT molecular complexity index is 556. The van der Waals surface area contributed by atoms with Crippen LogP contribution in [0.15, 0.2) is 23.5 Å². The minimum Gasteiger partial charge on any atom is -0.409 e. The first kappa shape index (κ1) is 12.6. The Balaban J connectivity index is 2.30. The fourth-order valence-electron chi connectivity index (χ4n) is 1.83. The first-order valence-electron chi connectivity index (χ1n) is 5.42. The topological polar surface area (TPSA) is 109 Å². The van der Waals surface area contributed by atoms with Gasteiger partial charge in [0.15, 0.2) is 15.7 Å². The first-order chi connectivity index (χ1) is 8.53. The maximum atomic E-state index is 11.4. The summed E-state index contributed by atoms with van der Waals surface area (Å²) >= 11 is 0. The Kier molecular flexibility index (Phi) is 3.37. The fraction of sp³-hybridized carbons (Fsp3) is 0.400. The Morgan fingerprint density at radius 2 is 2.11 bits per heavy atom. The number of hydrogen-bond donors (Lipinski definition) is 2. The van der Waals surface area contributed by atoms with Crippen molar-refractivity contribution in [2.75, 3.05) is 29.5 Å². The standard InChI is InChI=1S/C10H14N4O3S/c11-9(13-15)8-2-1-3-12-10(8)14-4-6-18(16,17)7-5-14/h1-3,15H,4-7H2,(H2,11,13). The van der Waals surface area contributed by atoms with Crippen LogP contribution >= 0.6 is 0 Å². The summed E-state index contributed by atoms with van der Waals surface area (Å²) in [5, 5.41) is 11.7. The minimum absolute atomic E-state index is 0.0356. The normalized spacial score (nSPS) is 19.8. The molecule has 0 spiro atoms. The van der Waals surface area contributed by atoms with E-state index in [1.54, 1.807) is 18.3 Å². The molecule has 0 saturated carbocycles. The number of nitrogens with zero attached hydrogens (tertiary/aromatic N) is 3. The molecule has 18 heavy (non-hydrogen) atoms. The van der Waals surface area contributed by atoms with Crippen LogP contribution < -0.4 is 10.6 Å². The molecule has 1 aliphatic rings. The molecule has 7 nitrogen and oxygen atoms in total. The molecule has 0 aromatic carbocycles. The highest BCUT2D eigenvalue weighted by molar-refractivity contribution is 7.91. The van der Waals surface area contributed by atoms with Crippen LogP contribution in [-0.4, -0.2) is 49.0 Å². The number of aromatic nitrogens is 1. The highest BCUT2D eigenvalue weighted by atomic mass is 32.2. The molecule has 1 aliphatic heterocycles. The summed E-state index contributed by atoms with van der Waals surface area (Å²) in [6, 6.07) is 3.36. The molecule has 0 bridgehead atoms. The maximum absolute atomic E-state index is 11.4. The number of pyridine rings is 1. The molecule has 1 aromatic rings. The number of hydrogen-bond acceptors (Lipinski definition) is 6. The zero-order valence-corrected chi connectivity index (χ0v) is 10.5. The zero-order valence-electron chi connectivity index (χ0n) is 9.65. The van der Waals surface area contributed by atoms with Crippen molar-refractivity contribution in [2.24, 2.45) is 10.9 Å². The lowest BCUT2D eigenvalue weighted by atomic mass is 10.2. The first-order valence-corrected chi connectivity index (χ1v) is 7.24. The third-order valence-corrected chi connectivity index (χ3v) is 4.42. The van der Waals surface area contributed by atoms with Crippen molar-refractivity contribution in [3.63, 3.8) is 0 Å². The molecule has 0 unspecified atom stereocenters. The van der Waals surface area contributed by atoms with Gasteiger partial charge in [0.05, 0.1) is 17.1 Å². The smallest absolute Gasteiger partial charge is 0.173 e. The third kappa shape index (κ3) is 2.53. The van der Waals surface area contributed by atoms with Crippen molar-refractivity contribution in [3.05, 3.63) is 23.9 Å². The highest BCUT2D eigenvalue weighted by Gasteiger charge is 2.24. The van der Waals surface area contributed by atoms with Gasteiger partial charge >= 0.3 is 0 Å². The minimum atomic E-state index is -2.94. The molecular formula is C10H14N4O3S. The second-order valence-electron chi connectivity index (χ2n) is 4.00. The molecule has 0 radical (unpaired) electrons. The van der Waals surface area contributed by atoms with E-state index in [0.29, 0.717) is 24.5 Å². The summed E-state index contributed by atoms with van der Waals surface area (Å²) in [4.78, 5) is 6.01. The zero-order chi connectivity index (χ0) is 13.2. The molecule has 0 amide bonds. The number of sulfone groups is 1. The van der Waals surface area contributed by atoms with Gasteiger partial charge in [-0.2, -0.15) is 0 Å². The van der Waals surface area contributed by atoms with E-state index in [9.17, 15) is 8.42 Å². The van der Waals surface area contributed by atoms with E-state index in [0.717, 1.165) is 0 Å². The Hall–Kier alpha value is -1.83. The Morgan fingerprint density at radius 1 is 1.44 bits per heavy atom. The van der Waals surface area contributed by atoms with Gasteiger partial charge in [-0.1, -0.05) is 5.16 Å². The summed E-state index contributed by atoms with van der Waals surface area (Å²) in [6.07, 6.45) is 1.59. The predicted molar refractivity (Wildman–Crippen MR) is 67.6 cm³/mol. The maximum Gasteiger partial charge on any atom is 0.173 e. The van der Waals surface area contributed by atoms with Crippen molar-refractivity contribution in [1.29, 1.82) is 0 Å². The van der Waals surface area contributed by atoms with Crippen LogP contribution in [0, 0.1) is 0 Å². The average molecular weight is 270 g/mol. The molecule has 1 aromatic heterocycles. The van der Waals surface area contributed by atoms with Crippen LogP contribution in [0.3, 0.4) is 0 Å². The lowest BCUT2D eigenvalue weighted by Crippen LogP contribution is -2.41. The summed E-state index contributed by atoms with van der Waals surface area (Å²) in [5.41, 5.74) is 6.07. The monoisotopic (exact) mass is 270 g/mol. The van der Waals surface area contributed by atoms with E-state index in [2.05, 4.69) is 10.1 Å². The molecule has 8 heteroatoms. The van der Waals surface area contributed by atoms with E-state index in [4.69, 9.17) is 10.9 Å². The van der Waals surface area contributed by atoms with Gasteiger partial charge < -0.3 is 15.8 Å². The van der Waals surface area contributed by atoms with Gasteiger partial charge in [-0.05, 0) is 12.1 Å². The highest BCUT2D eigenvalue weighted by Crippen LogP contribution is 2.19. The third-order valence-electron chi connectivity index (χ3n) is 2.81. The van der Waals surface area contributed by atoms with Crippen molar-refractivity contribution >= 4 is 21.5 Å². The summed E-state index contributed by atoms with van der Waals surface area (Å²) < 4.78 is 22.7. The van der Waals surface area contributed by atoms with Gasteiger partial charge in [0.25, 0.3) is 0 Å². The number of amidine groups is 1. The quantitative estimate of drug-likeness (QED) is 0.322. The van der Waals surface area contributed by atoms with E-state index in [1.165, 1.54) is 0 Å². The SMILES string of the molecule is N/C(=N\O)c1cccnc1N1CCS(=O)(=O)CC1. The van der Waals surface area contributed by atoms with E-state index < -0.39 is 9.84 Å². The lowest BCUT2D eigenvalue weighted by molar-refractivity contribution is 0.318. The van der Waals surface area contributed by atoms with Crippen molar-refractivity contribution in [2.45, 2.75) is 0 Å². The number of oxime groups is 1. The van der Waals surface area contributed by atoms with Crippen molar-refractivity contribution in [3.8, 4) is 0 Å². The van der Waals surface area contributed by atoms with Gasteiger partial charge in [0, 0.05) is 19.3 Å². The molecule has 2 heterocycles. The average Bonchev–Trinajstić information content (AvgIpc) is 2.38. The summed E-state index contributed by atoms with van der Waals surface area (Å²) in [5.74, 6) is 0.701. The second kappa shape index (κ2) is 4.81. The predicted octanol–water partition coefficient (Wildman–Crippen LogP) is -0.589. The second-order valence-corrected chi connectivity index (χ2v) is 6.30. The van der Waals surface area contributed by atoms with Crippen molar-refractivity contribution < 1.29 is 13.6 Å². The molecular weight excluding hydrogens is 256 g/mol.